The van der Waals surface area contributed by atoms with Crippen LogP contribution in [0.25, 0.3) is 0 Å². The molecule has 0 unspecified atom stereocenters. The Morgan fingerprint density at radius 1 is 1.23 bits per heavy atom. The molecule has 2 rings (SSSR count). The number of esters is 1. The zero-order valence-corrected chi connectivity index (χ0v) is 11.9. The van der Waals surface area contributed by atoms with Gasteiger partial charge < -0.3 is 4.74 Å². The van der Waals surface area contributed by atoms with Crippen LogP contribution in [0.15, 0.2) is 24.3 Å². The largest absolute Gasteiger partial charge is 0.462 e. The summed E-state index contributed by atoms with van der Waals surface area (Å²) in [4.78, 5) is 13.1. The molecule has 3 nitrogen and oxygen atoms in total. The first-order valence-electron chi connectivity index (χ1n) is 7.05. The van der Waals surface area contributed by atoms with Crippen LogP contribution in [0.5, 0.6) is 0 Å². The summed E-state index contributed by atoms with van der Waals surface area (Å²) in [6.45, 7) is -0.475. The topological polar surface area (TPSA) is 29.5 Å². The van der Waals surface area contributed by atoms with Crippen LogP contribution in [0.2, 0.25) is 0 Å². The molecule has 1 saturated heterocycles. The summed E-state index contributed by atoms with van der Waals surface area (Å²) in [6.07, 6.45) is -4.06. The minimum atomic E-state index is -4.21. The molecule has 0 aliphatic carbocycles. The van der Waals surface area contributed by atoms with Crippen LogP contribution in [-0.4, -0.2) is 42.8 Å². The average Bonchev–Trinajstić information content (AvgIpc) is 2.42. The minimum Gasteiger partial charge on any atom is -0.462 e. The van der Waals surface area contributed by atoms with Crippen LogP contribution < -0.4 is 0 Å². The van der Waals surface area contributed by atoms with E-state index in [2.05, 4.69) is 0 Å². The van der Waals surface area contributed by atoms with E-state index in [9.17, 15) is 22.4 Å². The predicted molar refractivity (Wildman–Crippen MR) is 71.7 cm³/mol. The van der Waals surface area contributed by atoms with Crippen molar-refractivity contribution in [3.8, 4) is 0 Å². The number of benzene rings is 1. The van der Waals surface area contributed by atoms with Gasteiger partial charge in [0, 0.05) is 13.1 Å². The van der Waals surface area contributed by atoms with Crippen LogP contribution in [0.1, 0.15) is 18.4 Å². The van der Waals surface area contributed by atoms with Gasteiger partial charge in [-0.25, -0.2) is 4.39 Å². The first kappa shape index (κ1) is 16.7. The molecular weight excluding hydrogens is 302 g/mol. The van der Waals surface area contributed by atoms with Crippen LogP contribution in [-0.2, 0) is 16.0 Å². The van der Waals surface area contributed by atoms with Crippen molar-refractivity contribution in [2.45, 2.75) is 31.5 Å². The zero-order valence-electron chi connectivity index (χ0n) is 11.9. The fraction of sp³-hybridized carbons (Fsp3) is 0.533. The van der Waals surface area contributed by atoms with E-state index < -0.39 is 30.6 Å². The fourth-order valence-electron chi connectivity index (χ4n) is 2.46. The molecule has 0 bridgehead atoms. The van der Waals surface area contributed by atoms with Gasteiger partial charge in [0.1, 0.15) is 11.9 Å². The van der Waals surface area contributed by atoms with Crippen molar-refractivity contribution in [1.29, 1.82) is 0 Å². The number of carbonyl (C=O) groups excluding carboxylic acids is 1. The predicted octanol–water partition coefficient (Wildman–Crippen LogP) is 2.94. The molecule has 1 aromatic rings. The number of carbonyl (C=O) groups is 1. The second-order valence-electron chi connectivity index (χ2n) is 5.35. The molecule has 1 heterocycles. The van der Waals surface area contributed by atoms with Crippen molar-refractivity contribution >= 4 is 5.97 Å². The number of rotatable bonds is 4. The van der Waals surface area contributed by atoms with Crippen LogP contribution >= 0.6 is 0 Å². The molecule has 1 aliphatic heterocycles. The van der Waals surface area contributed by atoms with E-state index >= 15 is 0 Å². The van der Waals surface area contributed by atoms with Crippen molar-refractivity contribution < 1.29 is 27.1 Å². The summed E-state index contributed by atoms with van der Waals surface area (Å²) >= 11 is 0. The maximum Gasteiger partial charge on any atom is 0.401 e. The van der Waals surface area contributed by atoms with Gasteiger partial charge in [0.15, 0.2) is 0 Å². The Kier molecular flexibility index (Phi) is 5.39. The molecule has 0 aromatic heterocycles. The molecular formula is C15H17F4NO2. The van der Waals surface area contributed by atoms with Gasteiger partial charge in [-0.2, -0.15) is 13.2 Å². The number of hydrogen-bond donors (Lipinski definition) is 0. The van der Waals surface area contributed by atoms with Gasteiger partial charge in [-0.3, -0.25) is 9.69 Å². The van der Waals surface area contributed by atoms with Gasteiger partial charge in [-0.15, -0.1) is 0 Å². The average molecular weight is 319 g/mol. The lowest BCUT2D eigenvalue weighted by Gasteiger charge is -2.32. The highest BCUT2D eigenvalue weighted by Gasteiger charge is 2.33. The van der Waals surface area contributed by atoms with Gasteiger partial charge >= 0.3 is 12.1 Å². The van der Waals surface area contributed by atoms with E-state index in [1.165, 1.54) is 23.1 Å². The molecule has 0 saturated carbocycles. The number of ether oxygens (including phenoxy) is 1. The number of alkyl halides is 3. The molecule has 1 fully saturated rings. The van der Waals surface area contributed by atoms with Crippen molar-refractivity contribution in [2.24, 2.45) is 0 Å². The van der Waals surface area contributed by atoms with Gasteiger partial charge in [0.2, 0.25) is 0 Å². The highest BCUT2D eigenvalue weighted by Crippen LogP contribution is 2.21. The van der Waals surface area contributed by atoms with Crippen LogP contribution in [0.3, 0.4) is 0 Å². The van der Waals surface area contributed by atoms with Gasteiger partial charge in [0.25, 0.3) is 0 Å². The highest BCUT2D eigenvalue weighted by atomic mass is 19.4. The summed E-state index contributed by atoms with van der Waals surface area (Å²) in [5.74, 6) is -1.03. The minimum absolute atomic E-state index is 0.171. The Morgan fingerprint density at radius 3 is 2.45 bits per heavy atom. The Bertz CT molecular complexity index is 511. The smallest absolute Gasteiger partial charge is 0.401 e. The molecule has 1 aliphatic rings. The molecule has 0 amide bonds. The van der Waals surface area contributed by atoms with E-state index in [-0.39, 0.29) is 25.1 Å². The summed E-state index contributed by atoms with van der Waals surface area (Å²) < 4.78 is 55.4. The van der Waals surface area contributed by atoms with Crippen molar-refractivity contribution in [3.05, 3.63) is 35.6 Å². The lowest BCUT2D eigenvalue weighted by atomic mass is 10.1. The monoisotopic (exact) mass is 319 g/mol. The zero-order chi connectivity index (χ0) is 16.2. The third-order valence-electron chi connectivity index (χ3n) is 3.53. The molecule has 122 valence electrons. The molecule has 22 heavy (non-hydrogen) atoms. The quantitative estimate of drug-likeness (QED) is 0.631. The summed E-state index contributed by atoms with van der Waals surface area (Å²) in [6, 6.07) is 5.92. The number of halogens is 4. The normalized spacial score (nSPS) is 17.5. The number of likely N-dealkylation sites (tertiary alicyclic amines) is 1. The summed E-state index contributed by atoms with van der Waals surface area (Å²) in [5, 5.41) is 0. The van der Waals surface area contributed by atoms with Gasteiger partial charge in [0.05, 0.1) is 13.0 Å². The Balaban J connectivity index is 1.76. The second-order valence-corrected chi connectivity index (χ2v) is 5.35. The molecule has 0 spiro atoms. The maximum absolute atomic E-state index is 13.4. The molecule has 0 N–H and O–H groups in total. The third kappa shape index (κ3) is 5.29. The lowest BCUT2D eigenvalue weighted by Crippen LogP contribution is -2.42. The number of nitrogens with zero attached hydrogens (tertiary/aromatic N) is 1. The Morgan fingerprint density at radius 2 is 1.86 bits per heavy atom. The number of hydrogen-bond acceptors (Lipinski definition) is 3. The first-order chi connectivity index (χ1) is 10.3. The third-order valence-corrected chi connectivity index (χ3v) is 3.53. The van der Waals surface area contributed by atoms with Gasteiger partial charge in [-0.05, 0) is 24.5 Å². The maximum atomic E-state index is 13.4. The second kappa shape index (κ2) is 7.09. The molecule has 0 radical (unpaired) electrons. The SMILES string of the molecule is O=C(Cc1ccccc1F)OC1CCN(CC(F)(F)F)CC1. The van der Waals surface area contributed by atoms with Crippen LogP contribution in [0.4, 0.5) is 17.6 Å². The lowest BCUT2D eigenvalue weighted by molar-refractivity contribution is -0.159. The van der Waals surface area contributed by atoms with Crippen molar-refractivity contribution in [2.75, 3.05) is 19.6 Å². The summed E-state index contributed by atoms with van der Waals surface area (Å²) in [5.41, 5.74) is 0.252. The Labute approximate surface area is 125 Å². The van der Waals surface area contributed by atoms with Crippen molar-refractivity contribution in [3.63, 3.8) is 0 Å². The number of piperidine rings is 1. The molecule has 7 heteroatoms. The van der Waals surface area contributed by atoms with E-state index in [4.69, 9.17) is 4.74 Å². The fourth-order valence-corrected chi connectivity index (χ4v) is 2.46. The van der Waals surface area contributed by atoms with Crippen molar-refractivity contribution in [1.82, 2.24) is 4.90 Å². The standard InChI is InChI=1S/C15H17F4NO2/c16-13-4-2-1-3-11(13)9-14(21)22-12-5-7-20(8-6-12)10-15(17,18)19/h1-4,12H,5-10H2. The Hall–Kier alpha value is -1.63. The summed E-state index contributed by atoms with van der Waals surface area (Å²) in [7, 11) is 0. The molecule has 0 atom stereocenters. The van der Waals surface area contributed by atoms with Gasteiger partial charge in [-0.1, -0.05) is 18.2 Å². The van der Waals surface area contributed by atoms with E-state index in [1.54, 1.807) is 6.07 Å². The van der Waals surface area contributed by atoms with E-state index in [1.807, 2.05) is 0 Å². The first-order valence-corrected chi connectivity index (χ1v) is 7.05. The van der Waals surface area contributed by atoms with Crippen LogP contribution in [0, 0.1) is 5.82 Å². The van der Waals surface area contributed by atoms with E-state index in [0.29, 0.717) is 12.8 Å². The van der Waals surface area contributed by atoms with E-state index in [0.717, 1.165) is 0 Å². The highest BCUT2D eigenvalue weighted by molar-refractivity contribution is 5.72. The molecule has 1 aromatic carbocycles.